The molecule has 1 heterocycles. The van der Waals surface area contributed by atoms with Gasteiger partial charge in [-0.05, 0) is 48.1 Å². The van der Waals surface area contributed by atoms with E-state index in [1.165, 1.54) is 4.90 Å². The van der Waals surface area contributed by atoms with Crippen molar-refractivity contribution in [1.29, 1.82) is 0 Å². The number of hydrogen-bond acceptors (Lipinski definition) is 4. The van der Waals surface area contributed by atoms with Gasteiger partial charge in [-0.15, -0.1) is 0 Å². The van der Waals surface area contributed by atoms with Crippen molar-refractivity contribution in [2.75, 3.05) is 33.3 Å². The number of likely N-dealkylation sites (N-methyl/N-ethyl adjacent to an activating group) is 1. The number of benzene rings is 2. The highest BCUT2D eigenvalue weighted by Gasteiger charge is 2.44. The number of rotatable bonds is 8. The second-order valence-electron chi connectivity index (χ2n) is 9.78. The van der Waals surface area contributed by atoms with Crippen LogP contribution in [0.25, 0.3) is 5.76 Å². The molecule has 2 aromatic carbocycles. The minimum Gasteiger partial charge on any atom is -0.872 e. The van der Waals surface area contributed by atoms with E-state index >= 15 is 0 Å². The Hall–Kier alpha value is -3.12. The van der Waals surface area contributed by atoms with E-state index in [1.54, 1.807) is 36.3 Å². The van der Waals surface area contributed by atoms with Gasteiger partial charge in [0.05, 0.1) is 39.3 Å². The van der Waals surface area contributed by atoms with Gasteiger partial charge in [0.25, 0.3) is 5.91 Å². The summed E-state index contributed by atoms with van der Waals surface area (Å²) in [4.78, 5) is 29.2. The molecule has 1 fully saturated rings. The molecule has 0 radical (unpaired) electrons. The molecule has 34 heavy (non-hydrogen) atoms. The topological polar surface area (TPSA) is 74.1 Å². The number of ketones is 1. The summed E-state index contributed by atoms with van der Waals surface area (Å²) in [5, 5.41) is 13.5. The van der Waals surface area contributed by atoms with Gasteiger partial charge in [-0.1, -0.05) is 62.9 Å². The Labute approximate surface area is 202 Å². The van der Waals surface area contributed by atoms with E-state index in [-0.39, 0.29) is 11.0 Å². The molecular formula is C28H36N2O4. The molecule has 6 nitrogen and oxygen atoms in total. The third-order valence-electron chi connectivity index (χ3n) is 6.68. The average Bonchev–Trinajstić information content (AvgIpc) is 3.08. The van der Waals surface area contributed by atoms with Gasteiger partial charge in [-0.25, -0.2) is 0 Å². The zero-order valence-corrected chi connectivity index (χ0v) is 21.1. The third-order valence-corrected chi connectivity index (χ3v) is 6.68. The van der Waals surface area contributed by atoms with Crippen molar-refractivity contribution >= 4 is 17.4 Å². The molecule has 0 aromatic heterocycles. The number of nitrogens with one attached hydrogen (secondary N) is 1. The minimum atomic E-state index is -0.708. The molecule has 1 aliphatic rings. The monoisotopic (exact) mass is 464 g/mol. The molecule has 0 aliphatic carbocycles. The van der Waals surface area contributed by atoms with Gasteiger partial charge in [-0.2, -0.15) is 0 Å². The van der Waals surface area contributed by atoms with Gasteiger partial charge in [0.2, 0.25) is 5.78 Å². The zero-order chi connectivity index (χ0) is 25.0. The molecule has 1 saturated heterocycles. The van der Waals surface area contributed by atoms with Gasteiger partial charge >= 0.3 is 0 Å². The van der Waals surface area contributed by atoms with Crippen LogP contribution in [0.5, 0.6) is 5.75 Å². The maximum Gasteiger partial charge on any atom is 0.295 e. The highest BCUT2D eigenvalue weighted by Crippen LogP contribution is 2.39. The molecule has 1 unspecified atom stereocenters. The summed E-state index contributed by atoms with van der Waals surface area (Å²) in [7, 11) is 1.55. The SMILES string of the molecule is CC[NH+](CC)CCN1C(=O)C(=O)/C(=C(/[O-])c2ccc(OC)cc2)C1c1ccc(C(C)(C)C)cc1. The largest absolute Gasteiger partial charge is 0.872 e. The van der Waals surface area contributed by atoms with Gasteiger partial charge in [-0.3, -0.25) is 9.59 Å². The fourth-order valence-corrected chi connectivity index (χ4v) is 4.39. The maximum absolute atomic E-state index is 13.5. The van der Waals surface area contributed by atoms with Crippen molar-refractivity contribution in [1.82, 2.24) is 4.90 Å². The number of Topliss-reactive ketones (excluding diaryl/α,β-unsaturated/α-hetero) is 1. The first-order valence-electron chi connectivity index (χ1n) is 12.0. The lowest BCUT2D eigenvalue weighted by molar-refractivity contribution is -0.895. The Morgan fingerprint density at radius 3 is 2.09 bits per heavy atom. The molecule has 182 valence electrons. The highest BCUT2D eigenvalue weighted by molar-refractivity contribution is 6.46. The standard InChI is InChI=1S/C28H36N2O4/c1-7-29(8-2)17-18-30-24(19-9-13-21(14-10-19)28(3,4)5)23(26(32)27(30)33)25(31)20-11-15-22(34-6)16-12-20/h9-16,24,31H,7-8,17-18H2,1-6H3/b25-23+. The molecule has 1 N–H and O–H groups in total. The summed E-state index contributed by atoms with van der Waals surface area (Å²) in [6.07, 6.45) is 0. The average molecular weight is 465 g/mol. The third kappa shape index (κ3) is 5.17. The van der Waals surface area contributed by atoms with Crippen molar-refractivity contribution < 1.29 is 24.3 Å². The summed E-state index contributed by atoms with van der Waals surface area (Å²) < 4.78 is 5.18. The lowest BCUT2D eigenvalue weighted by Gasteiger charge is -2.29. The van der Waals surface area contributed by atoms with Crippen LogP contribution in [0.3, 0.4) is 0 Å². The van der Waals surface area contributed by atoms with Crippen LogP contribution in [0.1, 0.15) is 57.4 Å². The van der Waals surface area contributed by atoms with Crippen LogP contribution >= 0.6 is 0 Å². The Balaban J connectivity index is 2.09. The van der Waals surface area contributed by atoms with Crippen molar-refractivity contribution in [3.8, 4) is 5.75 Å². The van der Waals surface area contributed by atoms with E-state index in [1.807, 2.05) is 24.3 Å². The van der Waals surface area contributed by atoms with Crippen LogP contribution in [-0.2, 0) is 15.0 Å². The molecule has 1 aliphatic heterocycles. The predicted octanol–water partition coefficient (Wildman–Crippen LogP) is 2.14. The van der Waals surface area contributed by atoms with Gasteiger partial charge < -0.3 is 19.6 Å². The van der Waals surface area contributed by atoms with E-state index in [0.29, 0.717) is 24.4 Å². The molecule has 6 heteroatoms. The number of ether oxygens (including phenoxy) is 1. The molecule has 1 atom stereocenters. The van der Waals surface area contributed by atoms with Gasteiger partial charge in [0.15, 0.2) is 0 Å². The number of nitrogens with zero attached hydrogens (tertiary/aromatic N) is 1. The number of quaternary nitrogens is 1. The number of amides is 1. The predicted molar refractivity (Wildman–Crippen MR) is 131 cm³/mol. The number of methoxy groups -OCH3 is 1. The number of hydrogen-bond donors (Lipinski definition) is 1. The Morgan fingerprint density at radius 2 is 1.59 bits per heavy atom. The molecular weight excluding hydrogens is 428 g/mol. The van der Waals surface area contributed by atoms with E-state index in [2.05, 4.69) is 34.6 Å². The van der Waals surface area contributed by atoms with E-state index in [4.69, 9.17) is 4.74 Å². The molecule has 3 rings (SSSR count). The first kappa shape index (κ1) is 25.5. The number of carbonyl (C=O) groups is 2. The first-order chi connectivity index (χ1) is 16.1. The van der Waals surface area contributed by atoms with Gasteiger partial charge in [0, 0.05) is 5.57 Å². The van der Waals surface area contributed by atoms with E-state index in [0.717, 1.165) is 24.2 Å². The molecule has 0 spiro atoms. The Morgan fingerprint density at radius 1 is 1.00 bits per heavy atom. The Bertz CT molecular complexity index is 1050. The fourth-order valence-electron chi connectivity index (χ4n) is 4.39. The van der Waals surface area contributed by atoms with E-state index < -0.39 is 23.5 Å². The smallest absolute Gasteiger partial charge is 0.295 e. The van der Waals surface area contributed by atoms with Crippen molar-refractivity contribution in [3.63, 3.8) is 0 Å². The van der Waals surface area contributed by atoms with Crippen LogP contribution in [0.4, 0.5) is 0 Å². The summed E-state index contributed by atoms with van der Waals surface area (Å²) in [6.45, 7) is 13.6. The summed E-state index contributed by atoms with van der Waals surface area (Å²) in [5.74, 6) is -1.11. The zero-order valence-electron chi connectivity index (χ0n) is 21.1. The lowest BCUT2D eigenvalue weighted by atomic mass is 9.85. The Kier molecular flexibility index (Phi) is 7.82. The van der Waals surface area contributed by atoms with Gasteiger partial charge in [0.1, 0.15) is 5.75 Å². The number of carbonyl (C=O) groups excluding carboxylic acids is 2. The quantitative estimate of drug-likeness (QED) is 0.369. The van der Waals surface area contributed by atoms with Crippen LogP contribution in [0.15, 0.2) is 54.1 Å². The summed E-state index contributed by atoms with van der Waals surface area (Å²) >= 11 is 0. The number of likely N-dealkylation sites (tertiary alicyclic amines) is 1. The molecule has 0 bridgehead atoms. The minimum absolute atomic E-state index is 0.0215. The maximum atomic E-state index is 13.5. The fraction of sp³-hybridized carbons (Fsp3) is 0.429. The second-order valence-corrected chi connectivity index (χ2v) is 9.78. The summed E-state index contributed by atoms with van der Waals surface area (Å²) in [6, 6.07) is 13.9. The van der Waals surface area contributed by atoms with Crippen LogP contribution in [0, 0.1) is 0 Å². The van der Waals surface area contributed by atoms with Crippen molar-refractivity contribution in [2.45, 2.75) is 46.1 Å². The van der Waals surface area contributed by atoms with Crippen molar-refractivity contribution in [3.05, 3.63) is 70.8 Å². The van der Waals surface area contributed by atoms with Crippen LogP contribution in [0.2, 0.25) is 0 Å². The van der Waals surface area contributed by atoms with Crippen LogP contribution in [-0.4, -0.2) is 49.9 Å². The molecule has 0 saturated carbocycles. The highest BCUT2D eigenvalue weighted by atomic mass is 16.5. The molecule has 2 aromatic rings. The van der Waals surface area contributed by atoms with Crippen molar-refractivity contribution in [2.24, 2.45) is 0 Å². The lowest BCUT2D eigenvalue weighted by Crippen LogP contribution is -3.12. The summed E-state index contributed by atoms with van der Waals surface area (Å²) in [5.41, 5.74) is 2.28. The second kappa shape index (κ2) is 10.4. The normalized spacial score (nSPS) is 18.1. The van der Waals surface area contributed by atoms with Crippen LogP contribution < -0.4 is 14.7 Å². The van der Waals surface area contributed by atoms with E-state index in [9.17, 15) is 14.7 Å². The first-order valence-corrected chi connectivity index (χ1v) is 12.0. The molecule has 1 amide bonds.